The summed E-state index contributed by atoms with van der Waals surface area (Å²) in [5.74, 6) is -2.80. The van der Waals surface area contributed by atoms with Gasteiger partial charge >= 0.3 is 5.97 Å². The van der Waals surface area contributed by atoms with Crippen LogP contribution < -0.4 is 14.7 Å². The van der Waals surface area contributed by atoms with Gasteiger partial charge in [0.15, 0.2) is 17.6 Å². The highest BCUT2D eigenvalue weighted by molar-refractivity contribution is 6.24. The predicted molar refractivity (Wildman–Crippen MR) is 121 cm³/mol. The van der Waals surface area contributed by atoms with Gasteiger partial charge in [0.2, 0.25) is 5.91 Å². The lowest BCUT2D eigenvalue weighted by Gasteiger charge is -2.29. The number of para-hydroxylation sites is 1. The third-order valence-electron chi connectivity index (χ3n) is 6.04. The number of ether oxygens (including phenoxy) is 1. The number of aromatic carboxylic acids is 1. The Morgan fingerprint density at radius 2 is 1.65 bits per heavy atom. The van der Waals surface area contributed by atoms with Gasteiger partial charge in [0.25, 0.3) is 5.91 Å². The Morgan fingerprint density at radius 1 is 0.941 bits per heavy atom. The van der Waals surface area contributed by atoms with Gasteiger partial charge in [0, 0.05) is 0 Å². The van der Waals surface area contributed by atoms with Gasteiger partial charge in [-0.05, 0) is 54.1 Å². The molecule has 2 N–H and O–H groups in total. The number of hydrogen-bond donors (Lipinski definition) is 2. The van der Waals surface area contributed by atoms with Crippen LogP contribution in [0.25, 0.3) is 0 Å². The van der Waals surface area contributed by atoms with Gasteiger partial charge in [-0.2, -0.15) is 0 Å². The van der Waals surface area contributed by atoms with Crippen LogP contribution in [0, 0.1) is 5.92 Å². The Hall–Kier alpha value is -4.37. The summed E-state index contributed by atoms with van der Waals surface area (Å²) in [6.45, 7) is 0. The molecule has 0 saturated carbocycles. The number of rotatable bonds is 5. The van der Waals surface area contributed by atoms with Crippen molar-refractivity contribution in [1.29, 1.82) is 0 Å². The number of benzene rings is 3. The molecule has 2 saturated heterocycles. The maximum absolute atomic E-state index is 13.6. The number of anilines is 2. The minimum Gasteiger partial charge on any atom is -0.504 e. The van der Waals surface area contributed by atoms with Crippen molar-refractivity contribution in [2.45, 2.75) is 12.1 Å². The number of aromatic hydroxyl groups is 1. The number of imide groups is 1. The highest BCUT2D eigenvalue weighted by atomic mass is 16.7. The first-order valence-electron chi connectivity index (χ1n) is 10.5. The first-order chi connectivity index (χ1) is 16.4. The number of methoxy groups -OCH3 is 1. The normalized spacial score (nSPS) is 21.6. The number of hydrogen-bond acceptors (Lipinski definition) is 7. The monoisotopic (exact) mass is 460 g/mol. The summed E-state index contributed by atoms with van der Waals surface area (Å²) in [5, 5.41) is 20.7. The second kappa shape index (κ2) is 8.20. The first kappa shape index (κ1) is 21.5. The molecule has 2 aliphatic rings. The summed E-state index contributed by atoms with van der Waals surface area (Å²) >= 11 is 0. The minimum absolute atomic E-state index is 0.0450. The molecule has 3 aromatic carbocycles. The number of phenolic OH excluding ortho intramolecular Hbond substituents is 1. The van der Waals surface area contributed by atoms with Gasteiger partial charge in [-0.1, -0.05) is 24.3 Å². The van der Waals surface area contributed by atoms with Crippen molar-refractivity contribution in [3.8, 4) is 11.5 Å². The zero-order chi connectivity index (χ0) is 24.0. The zero-order valence-electron chi connectivity index (χ0n) is 18.0. The zero-order valence-corrected chi connectivity index (χ0v) is 18.0. The predicted octanol–water partition coefficient (Wildman–Crippen LogP) is 3.15. The average molecular weight is 460 g/mol. The van der Waals surface area contributed by atoms with E-state index in [9.17, 15) is 19.5 Å². The lowest BCUT2D eigenvalue weighted by atomic mass is 9.90. The number of amides is 2. The van der Waals surface area contributed by atoms with Crippen LogP contribution in [0.5, 0.6) is 11.5 Å². The van der Waals surface area contributed by atoms with Crippen LogP contribution in [0.2, 0.25) is 0 Å². The Bertz CT molecular complexity index is 1280. The lowest BCUT2D eigenvalue weighted by molar-refractivity contribution is -0.126. The van der Waals surface area contributed by atoms with Gasteiger partial charge in [-0.3, -0.25) is 14.4 Å². The van der Waals surface area contributed by atoms with Crippen molar-refractivity contribution in [2.24, 2.45) is 5.92 Å². The fourth-order valence-electron chi connectivity index (χ4n) is 4.44. The maximum Gasteiger partial charge on any atom is 0.335 e. The summed E-state index contributed by atoms with van der Waals surface area (Å²) in [4.78, 5) is 45.2. The topological polar surface area (TPSA) is 117 Å². The maximum atomic E-state index is 13.6. The fraction of sp³-hybridized carbons (Fsp3) is 0.160. The van der Waals surface area contributed by atoms with E-state index >= 15 is 0 Å². The molecule has 2 aliphatic heterocycles. The van der Waals surface area contributed by atoms with Crippen molar-refractivity contribution in [3.05, 3.63) is 83.9 Å². The summed E-state index contributed by atoms with van der Waals surface area (Å²) < 4.78 is 5.25. The van der Waals surface area contributed by atoms with Gasteiger partial charge < -0.3 is 14.9 Å². The van der Waals surface area contributed by atoms with Gasteiger partial charge in [-0.15, -0.1) is 0 Å². The van der Waals surface area contributed by atoms with Crippen LogP contribution in [0.4, 0.5) is 11.4 Å². The molecule has 3 atom stereocenters. The third kappa shape index (κ3) is 3.34. The van der Waals surface area contributed by atoms with Crippen LogP contribution in [0.1, 0.15) is 22.0 Å². The van der Waals surface area contributed by atoms with Crippen molar-refractivity contribution in [2.75, 3.05) is 17.1 Å². The molecule has 9 nitrogen and oxygen atoms in total. The first-order valence-corrected chi connectivity index (χ1v) is 10.5. The number of phenols is 1. The lowest BCUT2D eigenvalue weighted by Crippen LogP contribution is -2.37. The smallest absolute Gasteiger partial charge is 0.335 e. The Kier molecular flexibility index (Phi) is 5.18. The van der Waals surface area contributed by atoms with Crippen LogP contribution >= 0.6 is 0 Å². The fourth-order valence-corrected chi connectivity index (χ4v) is 4.44. The molecule has 9 heteroatoms. The van der Waals surface area contributed by atoms with Crippen molar-refractivity contribution >= 4 is 29.2 Å². The Morgan fingerprint density at radius 3 is 2.29 bits per heavy atom. The highest BCUT2D eigenvalue weighted by Gasteiger charge is 2.60. The van der Waals surface area contributed by atoms with Crippen molar-refractivity contribution in [1.82, 2.24) is 0 Å². The van der Waals surface area contributed by atoms with E-state index in [1.807, 2.05) is 30.3 Å². The van der Waals surface area contributed by atoms with E-state index in [-0.39, 0.29) is 22.7 Å². The van der Waals surface area contributed by atoms with Gasteiger partial charge in [0.1, 0.15) is 5.92 Å². The number of nitrogens with zero attached hydrogens (tertiary/aromatic N) is 2. The molecule has 0 aromatic heterocycles. The summed E-state index contributed by atoms with van der Waals surface area (Å²) in [6, 6.07) is 18.7. The molecule has 2 amide bonds. The number of fused-ring (bicyclic) bond motifs is 1. The quantitative estimate of drug-likeness (QED) is 0.558. The molecule has 0 aliphatic carbocycles. The van der Waals surface area contributed by atoms with Gasteiger partial charge in [-0.25, -0.2) is 14.8 Å². The summed E-state index contributed by atoms with van der Waals surface area (Å²) in [5.41, 5.74) is 1.59. The molecular weight excluding hydrogens is 440 g/mol. The van der Waals surface area contributed by atoms with E-state index in [0.29, 0.717) is 11.3 Å². The molecule has 0 unspecified atom stereocenters. The van der Waals surface area contributed by atoms with Crippen LogP contribution in [0.15, 0.2) is 72.8 Å². The number of carboxylic acids is 1. The van der Waals surface area contributed by atoms with E-state index in [0.717, 1.165) is 4.90 Å². The van der Waals surface area contributed by atoms with Crippen LogP contribution in [-0.2, 0) is 14.4 Å². The summed E-state index contributed by atoms with van der Waals surface area (Å²) in [7, 11) is 1.43. The molecule has 3 aromatic rings. The molecule has 34 heavy (non-hydrogen) atoms. The molecule has 0 radical (unpaired) electrons. The number of carboxylic acid groups (broad SMARTS) is 1. The Labute approximate surface area is 194 Å². The molecule has 5 rings (SSSR count). The van der Waals surface area contributed by atoms with Crippen molar-refractivity contribution in [3.63, 3.8) is 0 Å². The minimum atomic E-state index is -1.11. The standard InChI is InChI=1S/C25H20N2O7/c1-33-19-13-15(9-12-18(19)28)21-20-22(34-27(21)17-5-3-2-4-6-17)24(30)26(23(20)29)16-10-7-14(8-11-16)25(31)32/h2-13,20-22,28H,1H3,(H,31,32)/t20-,21+,22+/m0/s1. The Balaban J connectivity index is 1.57. The second-order valence-electron chi connectivity index (χ2n) is 7.95. The SMILES string of the molecule is COc1cc([C@@H]2[C@@H]3C(=O)N(c4ccc(C(=O)O)cc4)C(=O)[C@@H]3ON2c2ccccc2)ccc1O. The van der Waals surface area contributed by atoms with Gasteiger partial charge in [0.05, 0.1) is 30.1 Å². The number of hydroxylamine groups is 1. The number of carbonyl (C=O) groups excluding carboxylic acids is 2. The van der Waals surface area contributed by atoms with E-state index in [4.69, 9.17) is 14.7 Å². The molecular formula is C25H20N2O7. The highest BCUT2D eigenvalue weighted by Crippen LogP contribution is 2.48. The third-order valence-corrected chi connectivity index (χ3v) is 6.04. The second-order valence-corrected chi connectivity index (χ2v) is 7.95. The van der Waals surface area contributed by atoms with E-state index in [2.05, 4.69) is 0 Å². The van der Waals surface area contributed by atoms with Crippen molar-refractivity contribution < 1.29 is 34.2 Å². The molecule has 2 fully saturated rings. The van der Waals surface area contributed by atoms with E-state index in [1.54, 1.807) is 17.2 Å². The average Bonchev–Trinajstić information content (AvgIpc) is 3.36. The molecule has 2 heterocycles. The van der Waals surface area contributed by atoms with Crippen LogP contribution in [-0.4, -0.2) is 41.2 Å². The largest absolute Gasteiger partial charge is 0.504 e. The van der Waals surface area contributed by atoms with Crippen LogP contribution in [0.3, 0.4) is 0 Å². The molecule has 0 bridgehead atoms. The summed E-state index contributed by atoms with van der Waals surface area (Å²) in [6.07, 6.45) is -1.07. The number of carbonyl (C=O) groups is 3. The molecule has 172 valence electrons. The van der Waals surface area contributed by atoms with E-state index < -0.39 is 35.8 Å². The van der Waals surface area contributed by atoms with E-state index in [1.165, 1.54) is 37.4 Å². The molecule has 0 spiro atoms.